The molecule has 1 aliphatic heterocycles. The Balaban J connectivity index is 2.20. The van der Waals surface area contributed by atoms with E-state index in [-0.39, 0.29) is 15.7 Å². The van der Waals surface area contributed by atoms with Crippen LogP contribution in [0.4, 0.5) is 0 Å². The van der Waals surface area contributed by atoms with Gasteiger partial charge >= 0.3 is 5.97 Å². The maximum atomic E-state index is 12.6. The number of rotatable bonds is 5. The van der Waals surface area contributed by atoms with Gasteiger partial charge < -0.3 is 15.1 Å². The van der Waals surface area contributed by atoms with Gasteiger partial charge in [0, 0.05) is 18.6 Å². The number of amides is 1. The number of likely N-dealkylation sites (N-methyl/N-ethyl adjacent to an activating group) is 1. The first-order chi connectivity index (χ1) is 10.9. The molecule has 0 bridgehead atoms. The summed E-state index contributed by atoms with van der Waals surface area (Å²) in [4.78, 5) is 25.7. The van der Waals surface area contributed by atoms with Crippen molar-refractivity contribution in [3.63, 3.8) is 0 Å². The Morgan fingerprint density at radius 2 is 1.70 bits per heavy atom. The molecule has 7 heteroatoms. The molecule has 1 aromatic carbocycles. The van der Waals surface area contributed by atoms with Crippen LogP contribution in [0.2, 0.25) is 0 Å². The summed E-state index contributed by atoms with van der Waals surface area (Å²) in [5, 5.41) is 19.7. The fourth-order valence-corrected chi connectivity index (χ4v) is 4.48. The van der Waals surface area contributed by atoms with Gasteiger partial charge in [-0.2, -0.15) is 0 Å². The maximum absolute atomic E-state index is 12.6. The Bertz CT molecular complexity index is 618. The van der Waals surface area contributed by atoms with E-state index in [1.54, 1.807) is 26.1 Å². The molecule has 0 radical (unpaired) electrons. The molecule has 2 rings (SSSR count). The molecule has 2 N–H and O–H groups in total. The highest BCUT2D eigenvalue weighted by molar-refractivity contribution is 8.11. The summed E-state index contributed by atoms with van der Waals surface area (Å²) in [6, 6.07) is 8.63. The van der Waals surface area contributed by atoms with Crippen molar-refractivity contribution < 1.29 is 19.8 Å². The minimum Gasteiger partial charge on any atom is -0.477 e. The number of benzene rings is 1. The van der Waals surface area contributed by atoms with Gasteiger partial charge in [0.25, 0.3) is 5.91 Å². The molecular weight excluding hydrogens is 334 g/mol. The number of hydrogen-bond acceptors (Lipinski definition) is 5. The molecule has 0 saturated heterocycles. The lowest BCUT2D eigenvalue weighted by molar-refractivity contribution is -0.133. The summed E-state index contributed by atoms with van der Waals surface area (Å²) in [7, 11) is 1.59. The van der Waals surface area contributed by atoms with Crippen molar-refractivity contribution in [2.75, 3.05) is 18.6 Å². The number of carbonyl (C=O) groups excluding carboxylic acids is 1. The number of carbonyl (C=O) groups is 2. The SMILES string of the molecule is C[C@@H]([C@H](O)c1ccccc1)N(C)C(=O)C1=C(C(=O)O)SCCS1. The van der Waals surface area contributed by atoms with Crippen molar-refractivity contribution >= 4 is 35.4 Å². The monoisotopic (exact) mass is 353 g/mol. The van der Waals surface area contributed by atoms with E-state index in [2.05, 4.69) is 0 Å². The molecule has 23 heavy (non-hydrogen) atoms. The van der Waals surface area contributed by atoms with Gasteiger partial charge in [-0.25, -0.2) is 4.79 Å². The molecule has 0 aromatic heterocycles. The largest absolute Gasteiger partial charge is 0.477 e. The summed E-state index contributed by atoms with van der Waals surface area (Å²) in [6.45, 7) is 1.75. The van der Waals surface area contributed by atoms with Gasteiger partial charge in [0.05, 0.1) is 17.1 Å². The van der Waals surface area contributed by atoms with Crippen molar-refractivity contribution in [3.8, 4) is 0 Å². The third kappa shape index (κ3) is 4.10. The van der Waals surface area contributed by atoms with Crippen molar-refractivity contribution in [1.82, 2.24) is 4.90 Å². The number of hydrogen-bond donors (Lipinski definition) is 2. The van der Waals surface area contributed by atoms with E-state index in [9.17, 15) is 19.8 Å². The van der Waals surface area contributed by atoms with Crippen LogP contribution in [0, 0.1) is 0 Å². The zero-order valence-electron chi connectivity index (χ0n) is 12.9. The lowest BCUT2D eigenvalue weighted by Crippen LogP contribution is -2.40. The first kappa shape index (κ1) is 17.9. The Labute approximate surface area is 143 Å². The summed E-state index contributed by atoms with van der Waals surface area (Å²) in [6.07, 6.45) is -0.833. The quantitative estimate of drug-likeness (QED) is 0.846. The van der Waals surface area contributed by atoms with Crippen molar-refractivity contribution in [2.24, 2.45) is 0 Å². The fraction of sp³-hybridized carbons (Fsp3) is 0.375. The lowest BCUT2D eigenvalue weighted by Gasteiger charge is -2.30. The van der Waals surface area contributed by atoms with Crippen LogP contribution in [-0.2, 0) is 9.59 Å². The Morgan fingerprint density at radius 3 is 2.26 bits per heavy atom. The van der Waals surface area contributed by atoms with E-state index in [0.29, 0.717) is 11.5 Å². The zero-order chi connectivity index (χ0) is 17.0. The molecule has 0 saturated carbocycles. The van der Waals surface area contributed by atoms with E-state index in [1.165, 1.54) is 28.4 Å². The average Bonchev–Trinajstić information content (AvgIpc) is 2.59. The van der Waals surface area contributed by atoms with Crippen molar-refractivity contribution in [3.05, 3.63) is 45.7 Å². The smallest absolute Gasteiger partial charge is 0.343 e. The minimum absolute atomic E-state index is 0.0968. The summed E-state index contributed by atoms with van der Waals surface area (Å²) < 4.78 is 0. The van der Waals surface area contributed by atoms with Crippen LogP contribution in [0.5, 0.6) is 0 Å². The number of carboxylic acid groups (broad SMARTS) is 1. The van der Waals surface area contributed by atoms with Gasteiger partial charge in [-0.05, 0) is 12.5 Å². The second kappa shape index (κ2) is 7.90. The number of aliphatic hydroxyl groups excluding tert-OH is 1. The van der Waals surface area contributed by atoms with Crippen LogP contribution in [-0.4, -0.2) is 51.6 Å². The summed E-state index contributed by atoms with van der Waals surface area (Å²) in [5.41, 5.74) is 0.720. The summed E-state index contributed by atoms with van der Waals surface area (Å²) >= 11 is 2.46. The minimum atomic E-state index is -1.07. The lowest BCUT2D eigenvalue weighted by atomic mass is 10.0. The van der Waals surface area contributed by atoms with Crippen LogP contribution >= 0.6 is 23.5 Å². The molecule has 1 heterocycles. The molecule has 2 atom stereocenters. The molecule has 1 aliphatic rings. The molecule has 0 spiro atoms. The topological polar surface area (TPSA) is 77.8 Å². The number of carboxylic acids is 1. The molecule has 0 aliphatic carbocycles. The number of nitrogens with zero attached hydrogens (tertiary/aromatic N) is 1. The normalized spacial score (nSPS) is 17.5. The molecule has 1 aromatic rings. The first-order valence-electron chi connectivity index (χ1n) is 7.16. The Hall–Kier alpha value is -1.44. The van der Waals surface area contributed by atoms with E-state index in [0.717, 1.165) is 5.56 Å². The van der Waals surface area contributed by atoms with E-state index >= 15 is 0 Å². The predicted molar refractivity (Wildman–Crippen MR) is 93.2 cm³/mol. The van der Waals surface area contributed by atoms with E-state index in [4.69, 9.17) is 0 Å². The maximum Gasteiger partial charge on any atom is 0.343 e. The molecular formula is C16H19NO4S2. The highest BCUT2D eigenvalue weighted by Gasteiger charge is 2.31. The number of aliphatic carboxylic acids is 1. The Morgan fingerprint density at radius 1 is 1.13 bits per heavy atom. The highest BCUT2D eigenvalue weighted by Crippen LogP contribution is 2.36. The van der Waals surface area contributed by atoms with Gasteiger partial charge in [-0.3, -0.25) is 4.79 Å². The zero-order valence-corrected chi connectivity index (χ0v) is 14.6. The first-order valence-corrected chi connectivity index (χ1v) is 9.14. The average molecular weight is 353 g/mol. The third-order valence-electron chi connectivity index (χ3n) is 3.70. The van der Waals surface area contributed by atoms with Crippen LogP contribution in [0.15, 0.2) is 40.1 Å². The number of aliphatic hydroxyl groups is 1. The van der Waals surface area contributed by atoms with Crippen molar-refractivity contribution in [1.29, 1.82) is 0 Å². The van der Waals surface area contributed by atoms with Gasteiger partial charge in [-0.15, -0.1) is 23.5 Å². The predicted octanol–water partition coefficient (Wildman–Crippen LogP) is 2.34. The fourth-order valence-electron chi connectivity index (χ4n) is 2.22. The van der Waals surface area contributed by atoms with Crippen LogP contribution in [0.25, 0.3) is 0 Å². The summed E-state index contributed by atoms with van der Waals surface area (Å²) in [5.74, 6) is -0.0571. The second-order valence-electron chi connectivity index (χ2n) is 5.17. The molecule has 5 nitrogen and oxygen atoms in total. The molecule has 124 valence electrons. The highest BCUT2D eigenvalue weighted by atomic mass is 32.2. The molecule has 1 amide bonds. The van der Waals surface area contributed by atoms with E-state index in [1.807, 2.05) is 18.2 Å². The molecule has 0 fully saturated rings. The third-order valence-corrected chi connectivity index (χ3v) is 6.24. The van der Waals surface area contributed by atoms with Crippen LogP contribution in [0.3, 0.4) is 0 Å². The van der Waals surface area contributed by atoms with Gasteiger partial charge in [0.1, 0.15) is 4.91 Å². The van der Waals surface area contributed by atoms with Gasteiger partial charge in [0.2, 0.25) is 0 Å². The standard InChI is InChI=1S/C16H19NO4S2/c1-10(12(18)11-6-4-3-5-7-11)17(2)15(19)13-14(16(20)21)23-9-8-22-13/h3-7,10,12,18H,8-9H2,1-2H3,(H,20,21)/t10-,12-/m0/s1. The van der Waals surface area contributed by atoms with Gasteiger partial charge in [-0.1, -0.05) is 30.3 Å². The van der Waals surface area contributed by atoms with Crippen LogP contribution in [0.1, 0.15) is 18.6 Å². The van der Waals surface area contributed by atoms with Gasteiger partial charge in [0.15, 0.2) is 0 Å². The Kier molecular flexibility index (Phi) is 6.15. The van der Waals surface area contributed by atoms with Crippen molar-refractivity contribution in [2.45, 2.75) is 19.1 Å². The van der Waals surface area contributed by atoms with Crippen LogP contribution < -0.4 is 0 Å². The van der Waals surface area contributed by atoms with E-state index < -0.39 is 18.1 Å². The molecule has 0 unspecified atom stereocenters. The number of thioether (sulfide) groups is 2. The second-order valence-corrected chi connectivity index (χ2v) is 7.38.